The van der Waals surface area contributed by atoms with Crippen LogP contribution in [-0.2, 0) is 11.0 Å². The van der Waals surface area contributed by atoms with Crippen LogP contribution in [0.1, 0.15) is 31.4 Å². The molecule has 3 atom stereocenters. The van der Waals surface area contributed by atoms with Gasteiger partial charge in [-0.25, -0.2) is 0 Å². The molecule has 0 aliphatic heterocycles. The third-order valence-corrected chi connectivity index (χ3v) is 5.02. The smallest absolute Gasteiger partial charge is 0.108 e. The minimum absolute atomic E-state index is 0.0255. The molecule has 1 heteroatoms. The summed E-state index contributed by atoms with van der Waals surface area (Å²) in [5, 5.41) is 11.0. The Morgan fingerprint density at radius 3 is 1.90 bits per heavy atom. The topological polar surface area (TPSA) is 20.2 Å². The van der Waals surface area contributed by atoms with Gasteiger partial charge in [-0.2, -0.15) is 0 Å². The van der Waals surface area contributed by atoms with E-state index >= 15 is 0 Å². The summed E-state index contributed by atoms with van der Waals surface area (Å²) in [5.74, 6) is 0.357. The summed E-state index contributed by atoms with van der Waals surface area (Å²) in [5.41, 5.74) is 1.41. The molecule has 3 rings (SSSR count). The Morgan fingerprint density at radius 2 is 1.38 bits per heavy atom. The molecule has 1 N–H and O–H groups in total. The maximum atomic E-state index is 11.0. The molecular weight excluding hydrogens is 256 g/mol. The van der Waals surface area contributed by atoms with Crippen molar-refractivity contribution in [3.8, 4) is 0 Å². The fourth-order valence-electron chi connectivity index (χ4n) is 3.34. The van der Waals surface area contributed by atoms with E-state index in [1.54, 1.807) is 0 Å². The Morgan fingerprint density at radius 1 is 0.857 bits per heavy atom. The van der Waals surface area contributed by atoms with Crippen molar-refractivity contribution in [3.63, 3.8) is 0 Å². The first kappa shape index (κ1) is 14.1. The highest BCUT2D eigenvalue weighted by Crippen LogP contribution is 2.45. The quantitative estimate of drug-likeness (QED) is 0.806. The monoisotopic (exact) mass is 278 g/mol. The Kier molecular flexibility index (Phi) is 3.46. The van der Waals surface area contributed by atoms with Gasteiger partial charge in [-0.1, -0.05) is 86.7 Å². The van der Waals surface area contributed by atoms with E-state index in [4.69, 9.17) is 0 Å². The first-order chi connectivity index (χ1) is 10.0. The lowest BCUT2D eigenvalue weighted by Gasteiger charge is -2.43. The molecule has 0 radical (unpaired) electrons. The molecule has 0 spiro atoms. The highest BCUT2D eigenvalue weighted by Gasteiger charge is 2.41. The highest BCUT2D eigenvalue weighted by atomic mass is 16.3. The molecule has 0 amide bonds. The largest absolute Gasteiger partial charge is 0.381 e. The number of hydrogen-bond acceptors (Lipinski definition) is 1. The molecule has 2 aromatic carbocycles. The number of hydrogen-bond donors (Lipinski definition) is 1. The predicted molar refractivity (Wildman–Crippen MR) is 87.1 cm³/mol. The van der Waals surface area contributed by atoms with Crippen molar-refractivity contribution in [1.29, 1.82) is 0 Å². The van der Waals surface area contributed by atoms with Crippen LogP contribution >= 0.6 is 0 Å². The first-order valence-electron chi connectivity index (χ1n) is 7.58. The molecule has 1 nitrogen and oxygen atoms in total. The average Bonchev–Trinajstić information content (AvgIpc) is 2.53. The molecule has 108 valence electrons. The van der Waals surface area contributed by atoms with Crippen LogP contribution < -0.4 is 0 Å². The molecule has 21 heavy (non-hydrogen) atoms. The van der Waals surface area contributed by atoms with Crippen LogP contribution in [0, 0.1) is 5.92 Å². The van der Waals surface area contributed by atoms with Crippen LogP contribution in [0.3, 0.4) is 0 Å². The molecule has 0 aromatic heterocycles. The summed E-state index contributed by atoms with van der Waals surface area (Å²) in [7, 11) is 0. The van der Waals surface area contributed by atoms with E-state index in [-0.39, 0.29) is 5.41 Å². The Labute approximate surface area is 127 Å². The van der Waals surface area contributed by atoms with Gasteiger partial charge in [0.25, 0.3) is 0 Å². The van der Waals surface area contributed by atoms with E-state index in [9.17, 15) is 5.11 Å². The van der Waals surface area contributed by atoms with Crippen LogP contribution in [-0.4, -0.2) is 5.11 Å². The lowest BCUT2D eigenvalue weighted by molar-refractivity contribution is 0.0421. The van der Waals surface area contributed by atoms with E-state index in [1.807, 2.05) is 42.5 Å². The standard InChI is InChI=1S/C20H22O/c1-16-15-20(21,18-11-7-4-8-12-18)14-13-19(16,2)17-9-5-3-6-10-17/h3-14,16,21H,15H2,1-2H3/t16-,19-,20?/m1/s1. The molecular formula is C20H22O. The minimum atomic E-state index is -0.852. The molecule has 1 unspecified atom stereocenters. The second-order valence-electron chi connectivity index (χ2n) is 6.38. The fourth-order valence-corrected chi connectivity index (χ4v) is 3.34. The molecule has 0 saturated carbocycles. The Hall–Kier alpha value is -1.86. The van der Waals surface area contributed by atoms with Crippen molar-refractivity contribution >= 4 is 0 Å². The van der Waals surface area contributed by atoms with Crippen molar-refractivity contribution in [1.82, 2.24) is 0 Å². The lowest BCUT2D eigenvalue weighted by atomic mass is 9.63. The van der Waals surface area contributed by atoms with E-state index in [2.05, 4.69) is 44.2 Å². The van der Waals surface area contributed by atoms with Gasteiger partial charge in [0.2, 0.25) is 0 Å². The van der Waals surface area contributed by atoms with Gasteiger partial charge in [0.05, 0.1) is 0 Å². The number of rotatable bonds is 2. The van der Waals surface area contributed by atoms with Gasteiger partial charge in [-0.3, -0.25) is 0 Å². The van der Waals surface area contributed by atoms with E-state index < -0.39 is 5.60 Å². The van der Waals surface area contributed by atoms with E-state index in [0.717, 1.165) is 12.0 Å². The zero-order valence-corrected chi connectivity index (χ0v) is 12.7. The highest BCUT2D eigenvalue weighted by molar-refractivity contribution is 5.37. The third kappa shape index (κ3) is 2.43. The average molecular weight is 278 g/mol. The fraction of sp³-hybridized carbons (Fsp3) is 0.300. The van der Waals surface area contributed by atoms with Gasteiger partial charge in [0.15, 0.2) is 0 Å². The van der Waals surface area contributed by atoms with Crippen LogP contribution in [0.15, 0.2) is 72.8 Å². The van der Waals surface area contributed by atoms with Crippen molar-refractivity contribution in [2.75, 3.05) is 0 Å². The van der Waals surface area contributed by atoms with Gasteiger partial charge >= 0.3 is 0 Å². The zero-order valence-electron chi connectivity index (χ0n) is 12.7. The van der Waals surface area contributed by atoms with Crippen molar-refractivity contribution in [2.45, 2.75) is 31.3 Å². The predicted octanol–water partition coefficient (Wildman–Crippen LogP) is 4.43. The molecule has 0 bridgehead atoms. The van der Waals surface area contributed by atoms with Crippen LogP contribution in [0.4, 0.5) is 0 Å². The number of benzene rings is 2. The van der Waals surface area contributed by atoms with Crippen molar-refractivity contribution in [3.05, 3.63) is 83.9 Å². The first-order valence-corrected chi connectivity index (χ1v) is 7.58. The van der Waals surface area contributed by atoms with Gasteiger partial charge < -0.3 is 5.11 Å². The summed E-state index contributed by atoms with van der Waals surface area (Å²) < 4.78 is 0. The van der Waals surface area contributed by atoms with Gasteiger partial charge in [-0.15, -0.1) is 0 Å². The second kappa shape index (κ2) is 5.16. The maximum absolute atomic E-state index is 11.0. The maximum Gasteiger partial charge on any atom is 0.108 e. The summed E-state index contributed by atoms with van der Waals surface area (Å²) in [6.07, 6.45) is 4.90. The van der Waals surface area contributed by atoms with Crippen molar-refractivity contribution in [2.24, 2.45) is 5.92 Å². The Balaban J connectivity index is 1.99. The molecule has 2 aromatic rings. The minimum Gasteiger partial charge on any atom is -0.381 e. The normalized spacial score (nSPS) is 32.0. The molecule has 1 aliphatic rings. The third-order valence-electron chi connectivity index (χ3n) is 5.02. The van der Waals surface area contributed by atoms with Crippen LogP contribution in [0.25, 0.3) is 0 Å². The summed E-state index contributed by atoms with van der Waals surface area (Å²) >= 11 is 0. The Bertz CT molecular complexity index is 631. The SMILES string of the molecule is C[C@@H]1CC(O)(c2ccccc2)C=C[C@@]1(C)c1ccccc1. The van der Waals surface area contributed by atoms with Crippen LogP contribution in [0.5, 0.6) is 0 Å². The van der Waals surface area contributed by atoms with E-state index in [0.29, 0.717) is 5.92 Å². The lowest BCUT2D eigenvalue weighted by Crippen LogP contribution is -2.39. The molecule has 0 saturated heterocycles. The van der Waals surface area contributed by atoms with Crippen molar-refractivity contribution < 1.29 is 5.11 Å². The second-order valence-corrected chi connectivity index (χ2v) is 6.38. The van der Waals surface area contributed by atoms with Crippen LogP contribution in [0.2, 0.25) is 0 Å². The zero-order chi connectivity index (χ0) is 14.9. The molecule has 1 aliphatic carbocycles. The number of allylic oxidation sites excluding steroid dienone is 1. The van der Waals surface area contributed by atoms with Gasteiger partial charge in [0, 0.05) is 5.41 Å². The summed E-state index contributed by atoms with van der Waals surface area (Å²) in [6, 6.07) is 20.5. The number of aliphatic hydroxyl groups is 1. The van der Waals surface area contributed by atoms with Gasteiger partial charge in [-0.05, 0) is 23.5 Å². The summed E-state index contributed by atoms with van der Waals surface area (Å²) in [4.78, 5) is 0. The van der Waals surface area contributed by atoms with E-state index in [1.165, 1.54) is 5.56 Å². The summed E-state index contributed by atoms with van der Waals surface area (Å²) in [6.45, 7) is 4.48. The molecule has 0 fully saturated rings. The molecule has 0 heterocycles. The van der Waals surface area contributed by atoms with Gasteiger partial charge in [0.1, 0.15) is 5.60 Å².